The summed E-state index contributed by atoms with van der Waals surface area (Å²) in [7, 11) is 0. The molecule has 6 heteroatoms. The van der Waals surface area contributed by atoms with Gasteiger partial charge in [-0.1, -0.05) is 29.8 Å². The molecule has 1 spiro atoms. The van der Waals surface area contributed by atoms with Gasteiger partial charge in [-0.3, -0.25) is 9.69 Å². The number of imidazole rings is 1. The molecule has 6 nitrogen and oxygen atoms in total. The van der Waals surface area contributed by atoms with Crippen molar-refractivity contribution in [3.05, 3.63) is 53.6 Å². The Morgan fingerprint density at radius 3 is 3.22 bits per heavy atom. The molecule has 2 aromatic rings. The molecule has 0 radical (unpaired) electrons. The minimum Gasteiger partial charge on any atom is -0.370 e. The standard InChI is InChI=1S/C21H26N4O2/c1-14-3-2-4-15(7-14)10-25-11-17-16(19-5-6-21(17,12-25)27-19)8-23-20(26)18-9-22-13-24-18/h2-4,7,9,13,16-17,19H,5-6,8,10-12H2,1H3,(H,22,24)(H,23,26)/t16-,17+,19+,21+/m0/s1. The van der Waals surface area contributed by atoms with Gasteiger partial charge in [0.2, 0.25) is 0 Å². The topological polar surface area (TPSA) is 70.2 Å². The maximum Gasteiger partial charge on any atom is 0.269 e. The Labute approximate surface area is 159 Å². The van der Waals surface area contributed by atoms with Crippen LogP contribution < -0.4 is 5.32 Å². The zero-order valence-electron chi connectivity index (χ0n) is 15.6. The van der Waals surface area contributed by atoms with Crippen molar-refractivity contribution in [3.63, 3.8) is 0 Å². The number of carbonyl (C=O) groups excluding carboxylic acids is 1. The highest BCUT2D eigenvalue weighted by Gasteiger charge is 2.62. The Hall–Kier alpha value is -2.18. The fourth-order valence-corrected chi connectivity index (χ4v) is 5.43. The van der Waals surface area contributed by atoms with E-state index in [1.807, 2.05) is 0 Å². The van der Waals surface area contributed by atoms with Crippen LogP contribution >= 0.6 is 0 Å². The first-order valence-corrected chi connectivity index (χ1v) is 9.85. The summed E-state index contributed by atoms with van der Waals surface area (Å²) < 4.78 is 6.50. The van der Waals surface area contributed by atoms with Crippen molar-refractivity contribution in [1.29, 1.82) is 0 Å². The molecule has 1 amide bonds. The Balaban J connectivity index is 1.26. The lowest BCUT2D eigenvalue weighted by molar-refractivity contribution is 0.00212. The number of aromatic amines is 1. The normalized spacial score (nSPS) is 32.0. The molecule has 0 saturated carbocycles. The number of ether oxygens (including phenoxy) is 1. The molecule has 4 atom stereocenters. The molecule has 3 fully saturated rings. The van der Waals surface area contributed by atoms with E-state index in [1.165, 1.54) is 17.5 Å². The molecule has 142 valence electrons. The van der Waals surface area contributed by atoms with E-state index in [-0.39, 0.29) is 17.6 Å². The summed E-state index contributed by atoms with van der Waals surface area (Å²) in [6.45, 7) is 5.85. The number of hydrogen-bond donors (Lipinski definition) is 2. The molecule has 4 heterocycles. The van der Waals surface area contributed by atoms with Crippen LogP contribution in [0.1, 0.15) is 34.5 Å². The van der Waals surface area contributed by atoms with E-state index in [9.17, 15) is 4.79 Å². The average Bonchev–Trinajstić information content (AvgIpc) is 3.40. The molecule has 0 aliphatic carbocycles. The number of amides is 1. The molecule has 3 aliphatic rings. The third kappa shape index (κ3) is 2.97. The van der Waals surface area contributed by atoms with Gasteiger partial charge < -0.3 is 15.0 Å². The van der Waals surface area contributed by atoms with Crippen LogP contribution in [0.4, 0.5) is 0 Å². The minimum absolute atomic E-state index is 0.00211. The Morgan fingerprint density at radius 2 is 2.41 bits per heavy atom. The molecule has 0 unspecified atom stereocenters. The van der Waals surface area contributed by atoms with E-state index >= 15 is 0 Å². The lowest BCUT2D eigenvalue weighted by Crippen LogP contribution is -2.42. The summed E-state index contributed by atoms with van der Waals surface area (Å²) in [5.41, 5.74) is 3.19. The maximum absolute atomic E-state index is 12.3. The number of likely N-dealkylation sites (tertiary alicyclic amines) is 1. The largest absolute Gasteiger partial charge is 0.370 e. The zero-order valence-corrected chi connectivity index (χ0v) is 15.6. The number of fused-ring (bicyclic) bond motifs is 1. The number of hydrogen-bond acceptors (Lipinski definition) is 4. The number of benzene rings is 1. The quantitative estimate of drug-likeness (QED) is 0.850. The first-order valence-electron chi connectivity index (χ1n) is 9.85. The van der Waals surface area contributed by atoms with Crippen molar-refractivity contribution in [1.82, 2.24) is 20.2 Å². The summed E-state index contributed by atoms with van der Waals surface area (Å²) in [6.07, 6.45) is 5.65. The van der Waals surface area contributed by atoms with Crippen LogP contribution in [0.3, 0.4) is 0 Å². The van der Waals surface area contributed by atoms with Gasteiger partial charge in [0, 0.05) is 38.0 Å². The lowest BCUT2D eigenvalue weighted by atomic mass is 9.73. The molecule has 1 aromatic heterocycles. The van der Waals surface area contributed by atoms with Crippen LogP contribution in [0.2, 0.25) is 0 Å². The zero-order chi connectivity index (χ0) is 18.4. The van der Waals surface area contributed by atoms with Crippen LogP contribution in [-0.2, 0) is 11.3 Å². The fraction of sp³-hybridized carbons (Fsp3) is 0.524. The smallest absolute Gasteiger partial charge is 0.269 e. The summed E-state index contributed by atoms with van der Waals surface area (Å²) in [5, 5.41) is 3.08. The Bertz CT molecular complexity index is 836. The van der Waals surface area contributed by atoms with Gasteiger partial charge in [0.1, 0.15) is 5.69 Å². The monoisotopic (exact) mass is 366 g/mol. The number of aromatic nitrogens is 2. The van der Waals surface area contributed by atoms with Crippen LogP contribution in [0.25, 0.3) is 0 Å². The Kier molecular flexibility index (Phi) is 4.06. The van der Waals surface area contributed by atoms with Crippen LogP contribution in [-0.4, -0.2) is 52.1 Å². The van der Waals surface area contributed by atoms with Gasteiger partial charge in [-0.25, -0.2) is 4.98 Å². The molecule has 27 heavy (non-hydrogen) atoms. The SMILES string of the molecule is Cc1cccc(CN2C[C@@H]3[C@H](CNC(=O)c4cnc[nH]4)[C@H]4CC[C@]3(C2)O4)c1. The second-order valence-corrected chi connectivity index (χ2v) is 8.36. The van der Waals surface area contributed by atoms with Gasteiger partial charge in [-0.15, -0.1) is 0 Å². The Morgan fingerprint density at radius 1 is 1.48 bits per heavy atom. The first-order chi connectivity index (χ1) is 13.1. The van der Waals surface area contributed by atoms with Crippen LogP contribution in [0.5, 0.6) is 0 Å². The van der Waals surface area contributed by atoms with E-state index < -0.39 is 0 Å². The van der Waals surface area contributed by atoms with Gasteiger partial charge in [0.15, 0.2) is 0 Å². The van der Waals surface area contributed by atoms with Crippen LogP contribution in [0.15, 0.2) is 36.8 Å². The van der Waals surface area contributed by atoms with Crippen molar-refractivity contribution in [3.8, 4) is 0 Å². The van der Waals surface area contributed by atoms with E-state index in [4.69, 9.17) is 4.74 Å². The predicted molar refractivity (Wildman–Crippen MR) is 101 cm³/mol. The number of rotatable bonds is 5. The summed E-state index contributed by atoms with van der Waals surface area (Å²) in [4.78, 5) is 21.6. The molecule has 2 N–H and O–H groups in total. The summed E-state index contributed by atoms with van der Waals surface area (Å²) in [5.74, 6) is 0.815. The van der Waals surface area contributed by atoms with Gasteiger partial charge in [-0.2, -0.15) is 0 Å². The molecule has 5 rings (SSSR count). The van der Waals surface area contributed by atoms with Gasteiger partial charge in [0.25, 0.3) is 5.91 Å². The molecule has 3 saturated heterocycles. The van der Waals surface area contributed by atoms with Gasteiger partial charge >= 0.3 is 0 Å². The highest BCUT2D eigenvalue weighted by molar-refractivity contribution is 5.91. The number of nitrogens with zero attached hydrogens (tertiary/aromatic N) is 2. The maximum atomic E-state index is 12.3. The second kappa shape index (κ2) is 6.46. The minimum atomic E-state index is -0.0843. The van der Waals surface area contributed by atoms with E-state index in [0.29, 0.717) is 24.1 Å². The first kappa shape index (κ1) is 17.0. The van der Waals surface area contributed by atoms with E-state index in [0.717, 1.165) is 32.5 Å². The number of carbonyl (C=O) groups is 1. The van der Waals surface area contributed by atoms with Crippen molar-refractivity contribution >= 4 is 5.91 Å². The number of aryl methyl sites for hydroxylation is 1. The predicted octanol–water partition coefficient (Wildman–Crippen LogP) is 2.13. The molecule has 2 bridgehead atoms. The highest BCUT2D eigenvalue weighted by atomic mass is 16.5. The van der Waals surface area contributed by atoms with Crippen molar-refractivity contribution < 1.29 is 9.53 Å². The van der Waals surface area contributed by atoms with Gasteiger partial charge in [-0.05, 0) is 25.3 Å². The lowest BCUT2D eigenvalue weighted by Gasteiger charge is -2.29. The average molecular weight is 366 g/mol. The van der Waals surface area contributed by atoms with Crippen molar-refractivity contribution in [2.24, 2.45) is 11.8 Å². The third-order valence-electron chi connectivity index (χ3n) is 6.58. The third-order valence-corrected chi connectivity index (χ3v) is 6.58. The van der Waals surface area contributed by atoms with Crippen molar-refractivity contribution in [2.45, 2.75) is 38.0 Å². The second-order valence-electron chi connectivity index (χ2n) is 8.36. The van der Waals surface area contributed by atoms with Crippen molar-refractivity contribution in [2.75, 3.05) is 19.6 Å². The number of H-pyrrole nitrogens is 1. The molecular formula is C21H26N4O2. The van der Waals surface area contributed by atoms with E-state index in [2.05, 4.69) is 51.4 Å². The van der Waals surface area contributed by atoms with E-state index in [1.54, 1.807) is 6.20 Å². The summed E-state index contributed by atoms with van der Waals surface area (Å²) >= 11 is 0. The van der Waals surface area contributed by atoms with Crippen LogP contribution in [0, 0.1) is 18.8 Å². The fourth-order valence-electron chi connectivity index (χ4n) is 5.43. The molecule has 3 aliphatic heterocycles. The van der Waals surface area contributed by atoms with Gasteiger partial charge in [0.05, 0.1) is 24.2 Å². The molecular weight excluding hydrogens is 340 g/mol. The molecule has 1 aromatic carbocycles. The summed E-state index contributed by atoms with van der Waals surface area (Å²) in [6, 6.07) is 8.76. The number of nitrogens with one attached hydrogen (secondary N) is 2. The highest BCUT2D eigenvalue weighted by Crippen LogP contribution is 2.54.